The number of para-hydroxylation sites is 1. The Labute approximate surface area is 81.5 Å². The van der Waals surface area contributed by atoms with Crippen LogP contribution in [0, 0.1) is 0 Å². The topological polar surface area (TPSA) is 25.2 Å². The van der Waals surface area contributed by atoms with E-state index in [0.29, 0.717) is 6.54 Å². The minimum atomic E-state index is 0.651. The van der Waals surface area contributed by atoms with Gasteiger partial charge in [0, 0.05) is 5.39 Å². The van der Waals surface area contributed by atoms with Crippen LogP contribution in [0.5, 0.6) is 0 Å². The van der Waals surface area contributed by atoms with E-state index >= 15 is 0 Å². The number of benzene rings is 1. The number of hydrogen-bond acceptors (Lipinski definition) is 2. The minimum absolute atomic E-state index is 0.651. The minimum Gasteiger partial charge on any atom is -0.459 e. The monoisotopic (exact) mass is 191 g/mol. The van der Waals surface area contributed by atoms with E-state index in [4.69, 9.17) is 4.42 Å². The van der Waals surface area contributed by atoms with Crippen LogP contribution in [-0.4, -0.2) is 5.49 Å². The maximum atomic E-state index is 5.54. The third-order valence-corrected chi connectivity index (χ3v) is 2.00. The predicted octanol–water partition coefficient (Wildman–Crippen LogP) is 2.48. The summed E-state index contributed by atoms with van der Waals surface area (Å²) in [5.41, 5.74) is 2.41. The van der Waals surface area contributed by atoms with E-state index in [1.165, 1.54) is 5.49 Å². The van der Waals surface area contributed by atoms with Crippen LogP contribution in [0.25, 0.3) is 11.0 Å². The maximum absolute atomic E-state index is 5.54. The van der Waals surface area contributed by atoms with E-state index in [1.807, 2.05) is 30.3 Å². The molecule has 0 aliphatic rings. The second-order valence-electron chi connectivity index (χ2n) is 2.75. The van der Waals surface area contributed by atoms with Crippen molar-refractivity contribution in [3.63, 3.8) is 0 Å². The second kappa shape index (κ2) is 3.58. The first kappa shape index (κ1) is 8.26. The SMILES string of the molecule is S=CNCc1cc2ccccc2o1. The Bertz CT molecular complexity index is 389. The summed E-state index contributed by atoms with van der Waals surface area (Å²) >= 11 is 4.65. The first-order chi connectivity index (χ1) is 6.40. The van der Waals surface area contributed by atoms with Gasteiger partial charge in [0.05, 0.1) is 12.0 Å². The lowest BCUT2D eigenvalue weighted by Crippen LogP contribution is -2.07. The van der Waals surface area contributed by atoms with Crippen molar-refractivity contribution in [2.45, 2.75) is 6.54 Å². The number of hydrogen-bond donors (Lipinski definition) is 1. The van der Waals surface area contributed by atoms with Gasteiger partial charge in [-0.3, -0.25) is 0 Å². The molecule has 1 aromatic carbocycles. The van der Waals surface area contributed by atoms with Crippen molar-refractivity contribution in [2.75, 3.05) is 0 Å². The summed E-state index contributed by atoms with van der Waals surface area (Å²) < 4.78 is 5.54. The summed E-state index contributed by atoms with van der Waals surface area (Å²) in [4.78, 5) is 0. The van der Waals surface area contributed by atoms with E-state index in [1.54, 1.807) is 0 Å². The van der Waals surface area contributed by atoms with Crippen LogP contribution >= 0.6 is 12.2 Å². The average Bonchev–Trinajstić information content (AvgIpc) is 2.57. The highest BCUT2D eigenvalue weighted by Crippen LogP contribution is 2.18. The van der Waals surface area contributed by atoms with E-state index in [9.17, 15) is 0 Å². The first-order valence-electron chi connectivity index (χ1n) is 4.04. The molecule has 2 rings (SSSR count). The molecule has 66 valence electrons. The Morgan fingerprint density at radius 1 is 1.38 bits per heavy atom. The zero-order valence-electron chi connectivity index (χ0n) is 6.99. The molecule has 1 heterocycles. The van der Waals surface area contributed by atoms with Gasteiger partial charge in [0.1, 0.15) is 11.3 Å². The average molecular weight is 191 g/mol. The molecule has 0 saturated carbocycles. The number of furan rings is 1. The van der Waals surface area contributed by atoms with Crippen LogP contribution < -0.4 is 5.32 Å². The third kappa shape index (κ3) is 1.70. The molecule has 0 bridgehead atoms. The molecule has 0 aliphatic carbocycles. The van der Waals surface area contributed by atoms with E-state index in [-0.39, 0.29) is 0 Å². The molecule has 13 heavy (non-hydrogen) atoms. The van der Waals surface area contributed by atoms with Crippen molar-refractivity contribution < 1.29 is 4.42 Å². The number of thiocarbonyl (C=S) groups is 1. The van der Waals surface area contributed by atoms with Crippen LogP contribution in [0.15, 0.2) is 34.7 Å². The number of fused-ring (bicyclic) bond motifs is 1. The van der Waals surface area contributed by atoms with E-state index in [0.717, 1.165) is 16.7 Å². The lowest BCUT2D eigenvalue weighted by molar-refractivity contribution is 0.543. The number of nitrogens with one attached hydrogen (secondary N) is 1. The third-order valence-electron chi connectivity index (χ3n) is 1.84. The summed E-state index contributed by atoms with van der Waals surface area (Å²) in [6.07, 6.45) is 0. The highest BCUT2D eigenvalue weighted by molar-refractivity contribution is 7.78. The molecule has 0 radical (unpaired) electrons. The van der Waals surface area contributed by atoms with Crippen molar-refractivity contribution >= 4 is 28.7 Å². The summed E-state index contributed by atoms with van der Waals surface area (Å²) in [5.74, 6) is 0.905. The van der Waals surface area contributed by atoms with Gasteiger partial charge in [-0.1, -0.05) is 30.4 Å². The van der Waals surface area contributed by atoms with Crippen LogP contribution in [0.3, 0.4) is 0 Å². The molecule has 0 saturated heterocycles. The maximum Gasteiger partial charge on any atom is 0.134 e. The van der Waals surface area contributed by atoms with Gasteiger partial charge in [-0.05, 0) is 12.1 Å². The standard InChI is InChI=1S/C10H9NOS/c13-7-11-6-9-5-8-3-1-2-4-10(8)12-9/h1-5,7H,6H2,(H,11,13). The molecule has 1 aromatic heterocycles. The highest BCUT2D eigenvalue weighted by Gasteiger charge is 2.00. The van der Waals surface area contributed by atoms with Gasteiger partial charge in [-0.2, -0.15) is 0 Å². The van der Waals surface area contributed by atoms with Gasteiger partial charge < -0.3 is 9.73 Å². The molecule has 0 aliphatic heterocycles. The van der Waals surface area contributed by atoms with Gasteiger partial charge in [0.15, 0.2) is 0 Å². The van der Waals surface area contributed by atoms with E-state index in [2.05, 4.69) is 17.5 Å². The fraction of sp³-hybridized carbons (Fsp3) is 0.100. The molecule has 0 spiro atoms. The van der Waals surface area contributed by atoms with Gasteiger partial charge in [0.2, 0.25) is 0 Å². The van der Waals surface area contributed by atoms with Crippen molar-refractivity contribution in [3.8, 4) is 0 Å². The quantitative estimate of drug-likeness (QED) is 0.754. The normalized spacial score (nSPS) is 10.2. The smallest absolute Gasteiger partial charge is 0.134 e. The van der Waals surface area contributed by atoms with Crippen LogP contribution in [0.4, 0.5) is 0 Å². The number of rotatable bonds is 3. The fourth-order valence-electron chi connectivity index (χ4n) is 1.27. The molecule has 0 atom stereocenters. The van der Waals surface area contributed by atoms with Gasteiger partial charge in [0.25, 0.3) is 0 Å². The molecular formula is C10H9NOS. The molecular weight excluding hydrogens is 182 g/mol. The molecule has 0 amide bonds. The summed E-state index contributed by atoms with van der Waals surface area (Å²) in [6.45, 7) is 0.651. The molecule has 2 aromatic rings. The zero-order valence-corrected chi connectivity index (χ0v) is 7.80. The summed E-state index contributed by atoms with van der Waals surface area (Å²) in [7, 11) is 0. The fourth-order valence-corrected chi connectivity index (χ4v) is 1.35. The Balaban J connectivity index is 2.32. The molecule has 0 fully saturated rings. The van der Waals surface area contributed by atoms with Gasteiger partial charge in [-0.25, -0.2) is 0 Å². The zero-order chi connectivity index (χ0) is 9.10. The van der Waals surface area contributed by atoms with E-state index < -0.39 is 0 Å². The van der Waals surface area contributed by atoms with Crippen LogP contribution in [0.2, 0.25) is 0 Å². The van der Waals surface area contributed by atoms with Crippen molar-refractivity contribution in [1.29, 1.82) is 0 Å². The van der Waals surface area contributed by atoms with Gasteiger partial charge >= 0.3 is 0 Å². The van der Waals surface area contributed by atoms with Gasteiger partial charge in [-0.15, -0.1) is 0 Å². The Morgan fingerprint density at radius 3 is 3.00 bits per heavy atom. The molecule has 0 unspecified atom stereocenters. The molecule has 1 N–H and O–H groups in total. The Kier molecular flexibility index (Phi) is 2.27. The van der Waals surface area contributed by atoms with Crippen molar-refractivity contribution in [2.24, 2.45) is 0 Å². The Morgan fingerprint density at radius 2 is 2.23 bits per heavy atom. The van der Waals surface area contributed by atoms with Crippen molar-refractivity contribution in [3.05, 3.63) is 36.1 Å². The molecule has 3 heteroatoms. The lowest BCUT2D eigenvalue weighted by atomic mass is 10.2. The Hall–Kier alpha value is -1.35. The largest absolute Gasteiger partial charge is 0.459 e. The highest BCUT2D eigenvalue weighted by atomic mass is 32.1. The van der Waals surface area contributed by atoms with Crippen LogP contribution in [-0.2, 0) is 6.54 Å². The summed E-state index contributed by atoms with van der Waals surface area (Å²) in [5, 5.41) is 4.05. The first-order valence-corrected chi connectivity index (χ1v) is 4.52. The van der Waals surface area contributed by atoms with Crippen molar-refractivity contribution in [1.82, 2.24) is 5.32 Å². The second-order valence-corrected chi connectivity index (χ2v) is 2.98. The lowest BCUT2D eigenvalue weighted by Gasteiger charge is -1.92. The van der Waals surface area contributed by atoms with Crippen LogP contribution in [0.1, 0.15) is 5.76 Å². The summed E-state index contributed by atoms with van der Waals surface area (Å²) in [6, 6.07) is 9.95. The molecule has 2 nitrogen and oxygen atoms in total. The predicted molar refractivity (Wildman–Crippen MR) is 56.7 cm³/mol.